The maximum absolute atomic E-state index is 5.99. The van der Waals surface area contributed by atoms with Crippen LogP contribution in [-0.4, -0.2) is 17.5 Å². The zero-order valence-electron chi connectivity index (χ0n) is 11.9. The lowest BCUT2D eigenvalue weighted by Crippen LogP contribution is -2.37. The van der Waals surface area contributed by atoms with E-state index in [9.17, 15) is 0 Å². The molecule has 0 bridgehead atoms. The summed E-state index contributed by atoms with van der Waals surface area (Å²) < 4.78 is 0. The zero-order valence-corrected chi connectivity index (χ0v) is 13.4. The van der Waals surface area contributed by atoms with E-state index in [0.717, 1.165) is 10.3 Å². The first-order valence-corrected chi connectivity index (χ1v) is 8.95. The van der Waals surface area contributed by atoms with Crippen molar-refractivity contribution in [2.45, 2.75) is 56.4 Å². The Morgan fingerprint density at radius 1 is 1.32 bits per heavy atom. The van der Waals surface area contributed by atoms with Crippen LogP contribution in [0.5, 0.6) is 0 Å². The minimum atomic E-state index is 0.472. The van der Waals surface area contributed by atoms with Gasteiger partial charge >= 0.3 is 0 Å². The van der Waals surface area contributed by atoms with E-state index < -0.39 is 0 Å². The SMILES string of the molecule is CCCC(NC1CCCC1SC)c1ccc(Cl)cc1. The maximum Gasteiger partial charge on any atom is 0.0406 e. The highest BCUT2D eigenvalue weighted by Crippen LogP contribution is 2.31. The van der Waals surface area contributed by atoms with Crippen LogP contribution in [0.4, 0.5) is 0 Å². The third kappa shape index (κ3) is 4.14. The summed E-state index contributed by atoms with van der Waals surface area (Å²) in [6, 6.07) is 9.48. The summed E-state index contributed by atoms with van der Waals surface area (Å²) in [6.45, 7) is 2.26. The molecule has 0 saturated heterocycles. The molecule has 0 aromatic heterocycles. The summed E-state index contributed by atoms with van der Waals surface area (Å²) in [5.41, 5.74) is 1.37. The van der Waals surface area contributed by atoms with Crippen LogP contribution >= 0.6 is 23.4 Å². The topological polar surface area (TPSA) is 12.0 Å². The molecule has 3 atom stereocenters. The largest absolute Gasteiger partial charge is 0.306 e. The molecule has 3 heteroatoms. The predicted octanol–water partition coefficient (Wildman–Crippen LogP) is 5.05. The molecule has 0 radical (unpaired) electrons. The fourth-order valence-electron chi connectivity index (χ4n) is 2.99. The molecule has 2 rings (SSSR count). The van der Waals surface area contributed by atoms with Gasteiger partial charge in [-0.05, 0) is 43.2 Å². The van der Waals surface area contributed by atoms with Gasteiger partial charge in [-0.25, -0.2) is 0 Å². The molecule has 19 heavy (non-hydrogen) atoms. The molecule has 1 N–H and O–H groups in total. The average molecular weight is 298 g/mol. The quantitative estimate of drug-likeness (QED) is 0.788. The summed E-state index contributed by atoms with van der Waals surface area (Å²) in [5.74, 6) is 0. The molecule has 1 aromatic carbocycles. The van der Waals surface area contributed by atoms with Gasteiger partial charge < -0.3 is 5.32 Å². The van der Waals surface area contributed by atoms with Gasteiger partial charge in [0.15, 0.2) is 0 Å². The van der Waals surface area contributed by atoms with Crippen molar-refractivity contribution in [3.05, 3.63) is 34.9 Å². The summed E-state index contributed by atoms with van der Waals surface area (Å²) in [5, 5.41) is 5.49. The Morgan fingerprint density at radius 2 is 2.05 bits per heavy atom. The van der Waals surface area contributed by atoms with Crippen molar-refractivity contribution < 1.29 is 0 Å². The first-order chi connectivity index (χ1) is 9.24. The van der Waals surface area contributed by atoms with Crippen LogP contribution in [0.25, 0.3) is 0 Å². The molecule has 0 amide bonds. The lowest BCUT2D eigenvalue weighted by molar-refractivity contribution is 0.421. The standard InChI is InChI=1S/C16H24ClNS/c1-3-5-14(12-8-10-13(17)11-9-12)18-15-6-4-7-16(15)19-2/h8-11,14-16,18H,3-7H2,1-2H3. The van der Waals surface area contributed by atoms with Crippen molar-refractivity contribution >= 4 is 23.4 Å². The summed E-state index contributed by atoms with van der Waals surface area (Å²) in [7, 11) is 0. The number of halogens is 1. The maximum atomic E-state index is 5.99. The Kier molecular flexibility index (Phi) is 6.06. The molecule has 106 valence electrons. The molecule has 1 aromatic rings. The Labute approximate surface area is 126 Å². The van der Waals surface area contributed by atoms with E-state index in [1.807, 2.05) is 23.9 Å². The third-order valence-corrected chi connectivity index (χ3v) is 5.44. The average Bonchev–Trinajstić information content (AvgIpc) is 2.86. The smallest absolute Gasteiger partial charge is 0.0406 e. The van der Waals surface area contributed by atoms with Crippen molar-refractivity contribution in [1.29, 1.82) is 0 Å². The lowest BCUT2D eigenvalue weighted by Gasteiger charge is -2.26. The van der Waals surface area contributed by atoms with Crippen molar-refractivity contribution in [2.24, 2.45) is 0 Å². The first kappa shape index (κ1) is 15.2. The molecule has 0 aliphatic heterocycles. The van der Waals surface area contributed by atoms with E-state index in [1.54, 1.807) is 0 Å². The molecule has 1 fully saturated rings. The minimum absolute atomic E-state index is 0.472. The fourth-order valence-corrected chi connectivity index (χ4v) is 4.06. The second kappa shape index (κ2) is 7.56. The Balaban J connectivity index is 2.05. The zero-order chi connectivity index (χ0) is 13.7. The van der Waals surface area contributed by atoms with Crippen LogP contribution in [-0.2, 0) is 0 Å². The van der Waals surface area contributed by atoms with Gasteiger partial charge in [0, 0.05) is 22.4 Å². The molecule has 1 nitrogen and oxygen atoms in total. The minimum Gasteiger partial charge on any atom is -0.306 e. The number of rotatable bonds is 6. The monoisotopic (exact) mass is 297 g/mol. The molecule has 1 saturated carbocycles. The van der Waals surface area contributed by atoms with E-state index in [-0.39, 0.29) is 0 Å². The van der Waals surface area contributed by atoms with Crippen LogP contribution in [0.3, 0.4) is 0 Å². The molecule has 0 heterocycles. The number of hydrogen-bond donors (Lipinski definition) is 1. The van der Waals surface area contributed by atoms with E-state index >= 15 is 0 Å². The first-order valence-electron chi connectivity index (χ1n) is 7.29. The van der Waals surface area contributed by atoms with Gasteiger partial charge in [-0.2, -0.15) is 11.8 Å². The van der Waals surface area contributed by atoms with Crippen LogP contribution < -0.4 is 5.32 Å². The predicted molar refractivity (Wildman–Crippen MR) is 87.2 cm³/mol. The van der Waals surface area contributed by atoms with E-state index in [1.165, 1.54) is 37.7 Å². The second-order valence-corrected chi connectivity index (χ2v) is 6.88. The van der Waals surface area contributed by atoms with Gasteiger partial charge in [-0.3, -0.25) is 0 Å². The fraction of sp³-hybridized carbons (Fsp3) is 0.625. The highest BCUT2D eigenvalue weighted by Gasteiger charge is 2.28. The summed E-state index contributed by atoms with van der Waals surface area (Å²) in [4.78, 5) is 0. The van der Waals surface area contributed by atoms with Gasteiger partial charge in [0.25, 0.3) is 0 Å². The van der Waals surface area contributed by atoms with E-state index in [4.69, 9.17) is 11.6 Å². The third-order valence-electron chi connectivity index (χ3n) is 4.02. The van der Waals surface area contributed by atoms with E-state index in [0.29, 0.717) is 12.1 Å². The van der Waals surface area contributed by atoms with Crippen molar-refractivity contribution in [3.63, 3.8) is 0 Å². The number of thioether (sulfide) groups is 1. The Morgan fingerprint density at radius 3 is 2.68 bits per heavy atom. The van der Waals surface area contributed by atoms with Crippen molar-refractivity contribution in [1.82, 2.24) is 5.32 Å². The second-order valence-electron chi connectivity index (χ2n) is 5.37. The van der Waals surface area contributed by atoms with Crippen LogP contribution in [0.1, 0.15) is 50.6 Å². The number of hydrogen-bond acceptors (Lipinski definition) is 2. The molecule has 0 spiro atoms. The normalized spacial score (nSPS) is 24.6. The summed E-state index contributed by atoms with van der Waals surface area (Å²) >= 11 is 8.00. The van der Waals surface area contributed by atoms with E-state index in [2.05, 4.69) is 30.6 Å². The summed E-state index contributed by atoms with van der Waals surface area (Å²) in [6.07, 6.45) is 8.68. The van der Waals surface area contributed by atoms with Crippen molar-refractivity contribution in [2.75, 3.05) is 6.26 Å². The van der Waals surface area contributed by atoms with Gasteiger partial charge in [0.2, 0.25) is 0 Å². The lowest BCUT2D eigenvalue weighted by atomic mass is 10.0. The van der Waals surface area contributed by atoms with Gasteiger partial charge in [-0.15, -0.1) is 0 Å². The van der Waals surface area contributed by atoms with Gasteiger partial charge in [0.05, 0.1) is 0 Å². The molecule has 3 unspecified atom stereocenters. The van der Waals surface area contributed by atoms with Crippen LogP contribution in [0, 0.1) is 0 Å². The highest BCUT2D eigenvalue weighted by atomic mass is 35.5. The Bertz CT molecular complexity index is 379. The van der Waals surface area contributed by atoms with Crippen LogP contribution in [0.15, 0.2) is 24.3 Å². The number of nitrogens with one attached hydrogen (secondary N) is 1. The highest BCUT2D eigenvalue weighted by molar-refractivity contribution is 7.99. The van der Waals surface area contributed by atoms with Gasteiger partial charge in [0.1, 0.15) is 0 Å². The molecule has 1 aliphatic carbocycles. The van der Waals surface area contributed by atoms with Crippen LogP contribution in [0.2, 0.25) is 5.02 Å². The van der Waals surface area contributed by atoms with Crippen molar-refractivity contribution in [3.8, 4) is 0 Å². The molecular weight excluding hydrogens is 274 g/mol. The van der Waals surface area contributed by atoms with Gasteiger partial charge in [-0.1, -0.05) is 43.5 Å². The number of benzene rings is 1. The Hall–Kier alpha value is -0.180. The molecular formula is C16H24ClNS. The molecule has 1 aliphatic rings.